The third-order valence-electron chi connectivity index (χ3n) is 5.21. The molecule has 2 fully saturated rings. The van der Waals surface area contributed by atoms with E-state index >= 15 is 0 Å². The van der Waals surface area contributed by atoms with Gasteiger partial charge in [0.25, 0.3) is 5.91 Å². The fourth-order valence-corrected chi connectivity index (χ4v) is 4.12. The molecule has 4 heteroatoms. The molecule has 0 aromatic heterocycles. The molecule has 0 bridgehead atoms. The first-order valence-corrected chi connectivity index (χ1v) is 8.86. The van der Waals surface area contributed by atoms with Crippen LogP contribution in [0.3, 0.4) is 0 Å². The van der Waals surface area contributed by atoms with E-state index in [1.54, 1.807) is 7.11 Å². The van der Waals surface area contributed by atoms with Crippen molar-refractivity contribution >= 4 is 5.91 Å². The van der Waals surface area contributed by atoms with Gasteiger partial charge in [-0.15, -0.1) is 0 Å². The van der Waals surface area contributed by atoms with E-state index in [9.17, 15) is 4.79 Å². The summed E-state index contributed by atoms with van der Waals surface area (Å²) in [6, 6.07) is 5.95. The fourth-order valence-electron chi connectivity index (χ4n) is 4.12. The van der Waals surface area contributed by atoms with Gasteiger partial charge in [0.15, 0.2) is 11.5 Å². The second-order valence-electron chi connectivity index (χ2n) is 6.55. The number of benzene rings is 1. The number of hydrogen-bond donors (Lipinski definition) is 0. The zero-order valence-electron chi connectivity index (χ0n) is 14.2. The maximum Gasteiger partial charge on any atom is 0.254 e. The molecule has 0 radical (unpaired) electrons. The summed E-state index contributed by atoms with van der Waals surface area (Å²) in [4.78, 5) is 15.2. The van der Waals surface area contributed by atoms with Gasteiger partial charge in [-0.1, -0.05) is 12.8 Å². The summed E-state index contributed by atoms with van der Waals surface area (Å²) in [5.74, 6) is 2.17. The van der Waals surface area contributed by atoms with Gasteiger partial charge in [-0.3, -0.25) is 4.79 Å². The van der Waals surface area contributed by atoms with Gasteiger partial charge in [-0.25, -0.2) is 0 Å². The number of fused-ring (bicyclic) bond motifs is 1. The zero-order valence-corrected chi connectivity index (χ0v) is 14.2. The molecule has 1 amide bonds. The highest BCUT2D eigenvalue weighted by Gasteiger charge is 2.36. The predicted molar refractivity (Wildman–Crippen MR) is 90.2 cm³/mol. The van der Waals surface area contributed by atoms with Crippen LogP contribution >= 0.6 is 0 Å². The molecule has 4 nitrogen and oxygen atoms in total. The van der Waals surface area contributed by atoms with Crippen molar-refractivity contribution in [3.8, 4) is 11.5 Å². The molecule has 2 unspecified atom stereocenters. The Hall–Kier alpha value is -1.71. The van der Waals surface area contributed by atoms with Gasteiger partial charge < -0.3 is 14.4 Å². The Morgan fingerprint density at radius 3 is 2.74 bits per heavy atom. The number of carbonyl (C=O) groups is 1. The SMILES string of the molecule is CCOc1cc(C(=O)N2CCCC3CCCCC32)ccc1OC. The van der Waals surface area contributed by atoms with Crippen LogP contribution in [0, 0.1) is 5.92 Å². The standard InChI is InChI=1S/C19H27NO3/c1-3-23-18-13-15(10-11-17(18)22-2)19(21)20-12-6-8-14-7-4-5-9-16(14)20/h10-11,13-14,16H,3-9,12H2,1-2H3. The number of likely N-dealkylation sites (tertiary alicyclic amines) is 1. The van der Waals surface area contributed by atoms with E-state index in [-0.39, 0.29) is 5.91 Å². The number of hydrogen-bond acceptors (Lipinski definition) is 3. The topological polar surface area (TPSA) is 38.8 Å². The van der Waals surface area contributed by atoms with Crippen LogP contribution in [0.4, 0.5) is 0 Å². The van der Waals surface area contributed by atoms with Crippen LogP contribution in [0.5, 0.6) is 11.5 Å². The Morgan fingerprint density at radius 2 is 1.96 bits per heavy atom. The minimum atomic E-state index is 0.144. The molecule has 126 valence electrons. The fraction of sp³-hybridized carbons (Fsp3) is 0.632. The maximum atomic E-state index is 13.0. The van der Waals surface area contributed by atoms with E-state index in [4.69, 9.17) is 9.47 Å². The van der Waals surface area contributed by atoms with Gasteiger partial charge in [0.05, 0.1) is 13.7 Å². The van der Waals surface area contributed by atoms with E-state index in [1.165, 1.54) is 25.7 Å². The molecule has 0 spiro atoms. The third kappa shape index (κ3) is 3.31. The predicted octanol–water partition coefficient (Wildman–Crippen LogP) is 3.89. The average molecular weight is 317 g/mol. The third-order valence-corrected chi connectivity index (χ3v) is 5.21. The van der Waals surface area contributed by atoms with E-state index in [0.29, 0.717) is 35.6 Å². The first-order chi connectivity index (χ1) is 11.2. The van der Waals surface area contributed by atoms with Crippen molar-refractivity contribution in [2.75, 3.05) is 20.3 Å². The zero-order chi connectivity index (χ0) is 16.2. The van der Waals surface area contributed by atoms with Crippen molar-refractivity contribution in [3.63, 3.8) is 0 Å². The largest absolute Gasteiger partial charge is 0.493 e. The quantitative estimate of drug-likeness (QED) is 0.845. The summed E-state index contributed by atoms with van der Waals surface area (Å²) in [5.41, 5.74) is 0.709. The van der Waals surface area contributed by atoms with Gasteiger partial charge in [0, 0.05) is 18.2 Å². The number of carbonyl (C=O) groups excluding carboxylic acids is 1. The Kier molecular flexibility index (Phi) is 5.09. The van der Waals surface area contributed by atoms with Gasteiger partial charge in [0.2, 0.25) is 0 Å². The second kappa shape index (κ2) is 7.24. The highest BCUT2D eigenvalue weighted by molar-refractivity contribution is 5.95. The monoisotopic (exact) mass is 317 g/mol. The molecule has 1 aromatic carbocycles. The molecular weight excluding hydrogens is 290 g/mol. The minimum Gasteiger partial charge on any atom is -0.493 e. The van der Waals surface area contributed by atoms with Crippen LogP contribution in [0.2, 0.25) is 0 Å². The van der Waals surface area contributed by atoms with Crippen molar-refractivity contribution < 1.29 is 14.3 Å². The summed E-state index contributed by atoms with van der Waals surface area (Å²) in [6.45, 7) is 3.38. The van der Waals surface area contributed by atoms with Crippen molar-refractivity contribution in [1.29, 1.82) is 0 Å². The molecule has 1 saturated heterocycles. The highest BCUT2D eigenvalue weighted by atomic mass is 16.5. The van der Waals surface area contributed by atoms with Crippen LogP contribution < -0.4 is 9.47 Å². The average Bonchev–Trinajstić information content (AvgIpc) is 2.61. The van der Waals surface area contributed by atoms with Crippen LogP contribution in [-0.4, -0.2) is 37.1 Å². The summed E-state index contributed by atoms with van der Waals surface area (Å²) < 4.78 is 10.9. The normalized spacial score (nSPS) is 24.0. The Labute approximate surface area is 138 Å². The number of ether oxygens (including phenoxy) is 2. The Morgan fingerprint density at radius 1 is 1.17 bits per heavy atom. The lowest BCUT2D eigenvalue weighted by atomic mass is 9.78. The van der Waals surface area contributed by atoms with E-state index < -0.39 is 0 Å². The van der Waals surface area contributed by atoms with Crippen LogP contribution in [0.1, 0.15) is 55.8 Å². The summed E-state index contributed by atoms with van der Waals surface area (Å²) >= 11 is 0. The van der Waals surface area contributed by atoms with Gasteiger partial charge >= 0.3 is 0 Å². The lowest BCUT2D eigenvalue weighted by molar-refractivity contribution is 0.0390. The molecule has 23 heavy (non-hydrogen) atoms. The van der Waals surface area contributed by atoms with Gasteiger partial charge in [-0.05, 0) is 56.7 Å². The molecule has 0 N–H and O–H groups in total. The molecule has 1 aliphatic carbocycles. The molecule has 3 rings (SSSR count). The maximum absolute atomic E-state index is 13.0. The number of rotatable bonds is 4. The molecule has 1 aliphatic heterocycles. The molecule has 1 heterocycles. The lowest BCUT2D eigenvalue weighted by Crippen LogP contribution is -2.49. The van der Waals surface area contributed by atoms with E-state index in [2.05, 4.69) is 4.90 Å². The van der Waals surface area contributed by atoms with Crippen molar-refractivity contribution in [3.05, 3.63) is 23.8 Å². The number of piperidine rings is 1. The van der Waals surface area contributed by atoms with Gasteiger partial charge in [0.1, 0.15) is 0 Å². The number of amides is 1. The van der Waals surface area contributed by atoms with Crippen LogP contribution in [0.15, 0.2) is 18.2 Å². The van der Waals surface area contributed by atoms with Crippen molar-refractivity contribution in [2.45, 2.75) is 51.5 Å². The molecule has 1 saturated carbocycles. The Bertz CT molecular complexity index is 556. The summed E-state index contributed by atoms with van der Waals surface area (Å²) in [6.07, 6.45) is 7.41. The number of methoxy groups -OCH3 is 1. The first kappa shape index (κ1) is 16.2. The Balaban J connectivity index is 1.82. The van der Waals surface area contributed by atoms with Crippen molar-refractivity contribution in [1.82, 2.24) is 4.90 Å². The van der Waals surface area contributed by atoms with Crippen LogP contribution in [-0.2, 0) is 0 Å². The molecule has 2 atom stereocenters. The molecule has 2 aliphatic rings. The summed E-state index contributed by atoms with van der Waals surface area (Å²) in [7, 11) is 1.62. The van der Waals surface area contributed by atoms with Crippen LogP contribution in [0.25, 0.3) is 0 Å². The first-order valence-electron chi connectivity index (χ1n) is 8.86. The lowest BCUT2D eigenvalue weighted by Gasteiger charge is -2.44. The number of nitrogens with zero attached hydrogens (tertiary/aromatic N) is 1. The van der Waals surface area contributed by atoms with Crippen molar-refractivity contribution in [2.24, 2.45) is 5.92 Å². The van der Waals surface area contributed by atoms with Gasteiger partial charge in [-0.2, -0.15) is 0 Å². The highest BCUT2D eigenvalue weighted by Crippen LogP contribution is 2.36. The van der Waals surface area contributed by atoms with E-state index in [0.717, 1.165) is 19.4 Å². The second-order valence-corrected chi connectivity index (χ2v) is 6.55. The molecule has 1 aromatic rings. The smallest absolute Gasteiger partial charge is 0.254 e. The molecular formula is C19H27NO3. The summed E-state index contributed by atoms with van der Waals surface area (Å²) in [5, 5.41) is 0. The minimum absolute atomic E-state index is 0.144. The van der Waals surface area contributed by atoms with E-state index in [1.807, 2.05) is 25.1 Å².